The zero-order chi connectivity index (χ0) is 7.82. The van der Waals surface area contributed by atoms with E-state index in [-0.39, 0.29) is 33.6 Å². The molecule has 0 aliphatic carbocycles. The molecule has 0 aromatic carbocycles. The van der Waals surface area contributed by atoms with Gasteiger partial charge in [-0.1, -0.05) is 20.8 Å². The van der Waals surface area contributed by atoms with Gasteiger partial charge >= 0.3 is 26.2 Å². The maximum absolute atomic E-state index is 4.27. The smallest absolute Gasteiger partial charge is 0.661 e. The molecular weight excluding hydrogens is 227 g/mol. The largest absolute Gasteiger partial charge is 3.00 e. The predicted octanol–water partition coefficient (Wildman–Crippen LogP) is 2.17. The fourth-order valence-electron chi connectivity index (χ4n) is 0.910. The van der Waals surface area contributed by atoms with Gasteiger partial charge in [-0.25, -0.2) is 0 Å². The quantitative estimate of drug-likeness (QED) is 0.521. The Morgan fingerprint density at radius 1 is 1.08 bits per heavy atom. The van der Waals surface area contributed by atoms with Gasteiger partial charge in [0.1, 0.15) is 0 Å². The topological polar surface area (TPSA) is 17.3 Å². The second-order valence-corrected chi connectivity index (χ2v) is 2.29. The van der Waals surface area contributed by atoms with E-state index in [9.17, 15) is 0 Å². The van der Waals surface area contributed by atoms with E-state index < -0.39 is 0 Å². The van der Waals surface area contributed by atoms with Crippen LogP contribution >= 0.6 is 0 Å². The molecule has 0 bridgehead atoms. The minimum Gasteiger partial charge on any atom is -0.661 e. The number of likely N-dealkylation sites (N-methyl/N-ethyl adjacent to an activating group) is 2. The van der Waals surface area contributed by atoms with Gasteiger partial charge in [-0.15, -0.1) is 6.54 Å². The van der Waals surface area contributed by atoms with Crippen LogP contribution in [0.5, 0.6) is 0 Å². The number of hydrogen-bond donors (Lipinski definition) is 0. The molecule has 3 heteroatoms. The zero-order valence-corrected chi connectivity index (χ0v) is 11.4. The zero-order valence-electron chi connectivity index (χ0n) is 8.93. The number of hydrogen-bond acceptors (Lipinski definition) is 1. The Kier molecular flexibility index (Phi) is 22.2. The predicted molar refractivity (Wildman–Crippen MR) is 53.0 cm³/mol. The van der Waals surface area contributed by atoms with E-state index >= 15 is 0 Å². The minimum absolute atomic E-state index is 0. The number of nitrogens with zero attached hydrogens (tertiary/aromatic N) is 2. The average Bonchev–Trinajstić information content (AvgIpc) is 1.99. The third kappa shape index (κ3) is 10.8. The molecule has 0 amide bonds. The first kappa shape index (κ1) is 18.6. The molecule has 0 heterocycles. The summed E-state index contributed by atoms with van der Waals surface area (Å²) in [6.07, 6.45) is 0. The summed E-state index contributed by atoms with van der Waals surface area (Å²) in [6.45, 7) is 11.8. The molecule has 12 heavy (non-hydrogen) atoms. The Hall–Kier alpha value is 0.803. The second kappa shape index (κ2) is 14.3. The summed E-state index contributed by atoms with van der Waals surface area (Å²) < 4.78 is 0. The summed E-state index contributed by atoms with van der Waals surface area (Å²) in [6, 6.07) is 0. The molecule has 0 aromatic rings. The van der Waals surface area contributed by atoms with Crippen molar-refractivity contribution in [2.45, 2.75) is 20.8 Å². The van der Waals surface area contributed by atoms with E-state index in [1.807, 2.05) is 0 Å². The SMILES string of the molecule is CC[N-]CCN(CC)CC.[CH3-].[Zr+3]. The molecule has 2 nitrogen and oxygen atoms in total. The van der Waals surface area contributed by atoms with Crippen molar-refractivity contribution in [3.63, 3.8) is 0 Å². The Bertz CT molecular complexity index is 65.5. The first-order valence-electron chi connectivity index (χ1n) is 4.20. The van der Waals surface area contributed by atoms with Crippen molar-refractivity contribution in [3.05, 3.63) is 12.7 Å². The molecule has 0 spiro atoms. The van der Waals surface area contributed by atoms with Gasteiger partial charge in [0.05, 0.1) is 0 Å². The van der Waals surface area contributed by atoms with Gasteiger partial charge in [0.2, 0.25) is 0 Å². The van der Waals surface area contributed by atoms with Crippen LogP contribution < -0.4 is 0 Å². The van der Waals surface area contributed by atoms with E-state index in [0.29, 0.717) is 0 Å². The maximum Gasteiger partial charge on any atom is 3.00 e. The summed E-state index contributed by atoms with van der Waals surface area (Å²) in [7, 11) is 0. The van der Waals surface area contributed by atoms with Gasteiger partial charge in [0.15, 0.2) is 0 Å². The summed E-state index contributed by atoms with van der Waals surface area (Å²) in [4.78, 5) is 2.39. The standard InChI is InChI=1S/C8H19N2.CH3.Zr/c1-4-9-7-8-10(5-2)6-3;;/h4-8H2,1-3H3;1H3;/q2*-1;+3. The second-order valence-electron chi connectivity index (χ2n) is 2.29. The van der Waals surface area contributed by atoms with Crippen LogP contribution in [0.2, 0.25) is 0 Å². The van der Waals surface area contributed by atoms with Crippen LogP contribution in [-0.2, 0) is 26.2 Å². The van der Waals surface area contributed by atoms with Crippen LogP contribution in [0.4, 0.5) is 0 Å². The van der Waals surface area contributed by atoms with Gasteiger partial charge in [0, 0.05) is 0 Å². The molecule has 0 saturated carbocycles. The molecule has 71 valence electrons. The van der Waals surface area contributed by atoms with Gasteiger partial charge < -0.3 is 17.6 Å². The average molecular weight is 250 g/mol. The molecule has 0 aromatic heterocycles. The molecular formula is C9H22N2Zr+. The molecule has 0 aliphatic rings. The summed E-state index contributed by atoms with van der Waals surface area (Å²) in [5, 5.41) is 4.27. The van der Waals surface area contributed by atoms with Crippen molar-refractivity contribution in [2.75, 3.05) is 32.7 Å². The van der Waals surface area contributed by atoms with Crippen molar-refractivity contribution in [1.29, 1.82) is 0 Å². The summed E-state index contributed by atoms with van der Waals surface area (Å²) >= 11 is 0. The first-order valence-corrected chi connectivity index (χ1v) is 4.20. The van der Waals surface area contributed by atoms with E-state index in [0.717, 1.165) is 32.7 Å². The third-order valence-electron chi connectivity index (χ3n) is 1.69. The van der Waals surface area contributed by atoms with Crippen molar-refractivity contribution >= 4 is 0 Å². The summed E-state index contributed by atoms with van der Waals surface area (Å²) in [5.74, 6) is 0. The van der Waals surface area contributed by atoms with Gasteiger partial charge in [-0.05, 0) is 19.6 Å². The summed E-state index contributed by atoms with van der Waals surface area (Å²) in [5.41, 5.74) is 0. The fourth-order valence-corrected chi connectivity index (χ4v) is 0.910. The van der Waals surface area contributed by atoms with Gasteiger partial charge in [0.25, 0.3) is 0 Å². The van der Waals surface area contributed by atoms with Crippen LogP contribution in [0.3, 0.4) is 0 Å². The minimum atomic E-state index is 0. The monoisotopic (exact) mass is 248 g/mol. The van der Waals surface area contributed by atoms with E-state index in [2.05, 4.69) is 31.0 Å². The van der Waals surface area contributed by atoms with Crippen LogP contribution in [0.15, 0.2) is 0 Å². The molecule has 0 fully saturated rings. The van der Waals surface area contributed by atoms with E-state index in [1.165, 1.54) is 0 Å². The molecule has 1 radical (unpaired) electrons. The third-order valence-corrected chi connectivity index (χ3v) is 1.69. The van der Waals surface area contributed by atoms with Crippen LogP contribution in [0.25, 0.3) is 5.32 Å². The Morgan fingerprint density at radius 3 is 1.92 bits per heavy atom. The van der Waals surface area contributed by atoms with E-state index in [1.54, 1.807) is 0 Å². The van der Waals surface area contributed by atoms with Crippen molar-refractivity contribution < 1.29 is 26.2 Å². The molecule has 0 N–H and O–H groups in total. The molecule has 0 rings (SSSR count). The van der Waals surface area contributed by atoms with Gasteiger partial charge in [-0.2, -0.15) is 6.54 Å². The Labute approximate surface area is 97.2 Å². The Balaban J connectivity index is -0.000000405. The molecule has 0 saturated heterocycles. The fraction of sp³-hybridized carbons (Fsp3) is 0.889. The van der Waals surface area contributed by atoms with Crippen LogP contribution in [0.1, 0.15) is 20.8 Å². The molecule has 0 aliphatic heterocycles. The van der Waals surface area contributed by atoms with Crippen molar-refractivity contribution in [3.8, 4) is 0 Å². The van der Waals surface area contributed by atoms with Crippen molar-refractivity contribution in [1.82, 2.24) is 4.90 Å². The van der Waals surface area contributed by atoms with Crippen LogP contribution in [-0.4, -0.2) is 37.6 Å². The van der Waals surface area contributed by atoms with Gasteiger partial charge in [-0.3, -0.25) is 0 Å². The number of rotatable bonds is 6. The van der Waals surface area contributed by atoms with Crippen molar-refractivity contribution in [2.24, 2.45) is 0 Å². The first-order chi connectivity index (χ1) is 4.85. The van der Waals surface area contributed by atoms with Crippen LogP contribution in [0, 0.1) is 7.43 Å². The molecule has 0 unspecified atom stereocenters. The Morgan fingerprint density at radius 2 is 1.58 bits per heavy atom. The van der Waals surface area contributed by atoms with E-state index in [4.69, 9.17) is 0 Å². The normalized spacial score (nSPS) is 9.00. The molecule has 0 atom stereocenters. The maximum atomic E-state index is 4.27.